The van der Waals surface area contributed by atoms with Crippen molar-refractivity contribution in [1.82, 2.24) is 14.9 Å². The van der Waals surface area contributed by atoms with Crippen LogP contribution in [0.5, 0.6) is 0 Å². The number of morpholine rings is 1. The summed E-state index contributed by atoms with van der Waals surface area (Å²) in [4.78, 5) is 20.5. The molecule has 1 fully saturated rings. The van der Waals surface area contributed by atoms with Crippen molar-refractivity contribution in [3.05, 3.63) is 47.5 Å². The van der Waals surface area contributed by atoms with Gasteiger partial charge >= 0.3 is 12.1 Å². The zero-order valence-electron chi connectivity index (χ0n) is 18.7. The topological polar surface area (TPSA) is 87.6 Å². The van der Waals surface area contributed by atoms with E-state index in [2.05, 4.69) is 27.1 Å². The van der Waals surface area contributed by atoms with Gasteiger partial charge in [-0.1, -0.05) is 26.0 Å². The van der Waals surface area contributed by atoms with Crippen molar-refractivity contribution < 1.29 is 27.8 Å². The van der Waals surface area contributed by atoms with E-state index in [1.54, 1.807) is 0 Å². The van der Waals surface area contributed by atoms with Crippen LogP contribution in [0.15, 0.2) is 30.6 Å². The summed E-state index contributed by atoms with van der Waals surface area (Å²) in [6, 6.07) is 5.90. The van der Waals surface area contributed by atoms with E-state index in [0.717, 1.165) is 43.0 Å². The minimum atomic E-state index is -4.61. The molecule has 2 atom stereocenters. The lowest BCUT2D eigenvalue weighted by Gasteiger charge is -2.35. The van der Waals surface area contributed by atoms with Gasteiger partial charge in [-0.3, -0.25) is 9.69 Å². The Morgan fingerprint density at radius 3 is 2.39 bits per heavy atom. The van der Waals surface area contributed by atoms with E-state index in [0.29, 0.717) is 31.0 Å². The highest BCUT2D eigenvalue weighted by atomic mass is 19.4. The Morgan fingerprint density at radius 2 is 1.85 bits per heavy atom. The Bertz CT molecular complexity index is 932. The van der Waals surface area contributed by atoms with Gasteiger partial charge in [-0.2, -0.15) is 13.2 Å². The lowest BCUT2D eigenvalue weighted by molar-refractivity contribution is -0.145. The Labute approximate surface area is 191 Å². The fraction of sp³-hybridized carbons (Fsp3) is 0.522. The van der Waals surface area contributed by atoms with Crippen molar-refractivity contribution in [3.63, 3.8) is 0 Å². The van der Waals surface area contributed by atoms with Gasteiger partial charge in [-0.05, 0) is 36.0 Å². The number of aromatic nitrogens is 2. The average molecular weight is 467 g/mol. The number of aliphatic carboxylic acids is 1. The molecule has 1 aromatic carbocycles. The Morgan fingerprint density at radius 1 is 1.18 bits per heavy atom. The summed E-state index contributed by atoms with van der Waals surface area (Å²) >= 11 is 0. The minimum Gasteiger partial charge on any atom is -0.481 e. The van der Waals surface area contributed by atoms with Crippen molar-refractivity contribution in [2.45, 2.75) is 51.2 Å². The molecule has 2 heterocycles. The number of ether oxygens (including phenoxy) is 1. The maximum Gasteiger partial charge on any atom is 0.451 e. The molecule has 0 bridgehead atoms. The standard InChI is InChI=1S/C23H29F3N4O3/c1-3-15(12-21(31)32)16-5-6-18(20(4-2)30-7-9-33-10-8-30)19(11-16)29-17-13-27-22(28-14-17)23(24,25)26/h5-6,11,13-15,20,29H,3-4,7-10,12H2,1-2H3,(H,31,32)/t15-,20+/m0/s1. The van der Waals surface area contributed by atoms with Gasteiger partial charge in [0.1, 0.15) is 0 Å². The average Bonchev–Trinajstić information content (AvgIpc) is 2.79. The first kappa shape index (κ1) is 24.9. The minimum absolute atomic E-state index is 0.000647. The Balaban J connectivity index is 1.98. The van der Waals surface area contributed by atoms with E-state index in [1.807, 2.05) is 25.1 Å². The van der Waals surface area contributed by atoms with Gasteiger partial charge in [0.2, 0.25) is 5.82 Å². The van der Waals surface area contributed by atoms with Crippen LogP contribution in [0.25, 0.3) is 0 Å². The maximum absolute atomic E-state index is 12.8. The molecule has 1 aliphatic rings. The number of carbonyl (C=O) groups is 1. The Hall–Kier alpha value is -2.72. The molecule has 180 valence electrons. The van der Waals surface area contributed by atoms with Crippen LogP contribution in [-0.2, 0) is 15.7 Å². The van der Waals surface area contributed by atoms with Crippen molar-refractivity contribution in [2.75, 3.05) is 31.6 Å². The van der Waals surface area contributed by atoms with Gasteiger partial charge in [0, 0.05) is 24.8 Å². The second-order valence-electron chi connectivity index (χ2n) is 8.04. The first-order valence-electron chi connectivity index (χ1n) is 11.1. The molecule has 0 unspecified atom stereocenters. The fourth-order valence-electron chi connectivity index (χ4n) is 4.19. The van der Waals surface area contributed by atoms with Gasteiger partial charge in [0.15, 0.2) is 0 Å². The van der Waals surface area contributed by atoms with Gasteiger partial charge in [-0.25, -0.2) is 9.97 Å². The monoisotopic (exact) mass is 466 g/mol. The molecule has 0 spiro atoms. The summed E-state index contributed by atoms with van der Waals surface area (Å²) in [7, 11) is 0. The van der Waals surface area contributed by atoms with E-state index in [4.69, 9.17) is 4.74 Å². The molecule has 0 radical (unpaired) electrons. The van der Waals surface area contributed by atoms with Crippen molar-refractivity contribution in [1.29, 1.82) is 0 Å². The summed E-state index contributed by atoms with van der Waals surface area (Å²) in [5.74, 6) is -2.25. The quantitative estimate of drug-likeness (QED) is 0.538. The number of halogens is 3. The number of hydrogen-bond acceptors (Lipinski definition) is 6. The van der Waals surface area contributed by atoms with Gasteiger partial charge < -0.3 is 15.2 Å². The molecule has 0 amide bonds. The van der Waals surface area contributed by atoms with Crippen LogP contribution < -0.4 is 5.32 Å². The molecule has 33 heavy (non-hydrogen) atoms. The second-order valence-corrected chi connectivity index (χ2v) is 8.04. The molecule has 2 aromatic rings. The van der Waals surface area contributed by atoms with Crippen LogP contribution in [0, 0.1) is 0 Å². The number of rotatable bonds is 9. The predicted octanol–water partition coefficient (Wildman–Crippen LogP) is 4.99. The molecule has 0 aliphatic carbocycles. The van der Waals surface area contributed by atoms with Crippen LogP contribution in [-0.4, -0.2) is 52.2 Å². The number of carboxylic acids is 1. The van der Waals surface area contributed by atoms with Crippen LogP contribution in [0.4, 0.5) is 24.5 Å². The molecule has 1 aromatic heterocycles. The number of nitrogens with one attached hydrogen (secondary N) is 1. The van der Waals surface area contributed by atoms with E-state index in [-0.39, 0.29) is 18.4 Å². The summed E-state index contributed by atoms with van der Waals surface area (Å²) in [5, 5.41) is 12.5. The molecule has 1 aliphatic heterocycles. The summed E-state index contributed by atoms with van der Waals surface area (Å²) in [5.41, 5.74) is 2.87. The highest BCUT2D eigenvalue weighted by molar-refractivity contribution is 5.69. The number of carboxylic acid groups (broad SMARTS) is 1. The number of hydrogen-bond donors (Lipinski definition) is 2. The maximum atomic E-state index is 12.8. The second kappa shape index (κ2) is 10.9. The largest absolute Gasteiger partial charge is 0.481 e. The van der Waals surface area contributed by atoms with Crippen LogP contribution >= 0.6 is 0 Å². The van der Waals surface area contributed by atoms with Crippen LogP contribution in [0.1, 0.15) is 62.0 Å². The first-order valence-corrected chi connectivity index (χ1v) is 11.1. The molecule has 2 N–H and O–H groups in total. The highest BCUT2D eigenvalue weighted by Crippen LogP contribution is 2.36. The van der Waals surface area contributed by atoms with E-state index in [9.17, 15) is 23.1 Å². The lowest BCUT2D eigenvalue weighted by atomic mass is 9.90. The van der Waals surface area contributed by atoms with Gasteiger partial charge in [-0.15, -0.1) is 0 Å². The van der Waals surface area contributed by atoms with Crippen molar-refractivity contribution in [2.24, 2.45) is 0 Å². The normalized spacial score (nSPS) is 16.9. The smallest absolute Gasteiger partial charge is 0.451 e. The molecule has 7 nitrogen and oxygen atoms in total. The zero-order chi connectivity index (χ0) is 24.0. The fourth-order valence-corrected chi connectivity index (χ4v) is 4.19. The number of anilines is 2. The van der Waals surface area contributed by atoms with Crippen LogP contribution in [0.2, 0.25) is 0 Å². The first-order chi connectivity index (χ1) is 15.7. The summed E-state index contributed by atoms with van der Waals surface area (Å²) < 4.78 is 44.0. The third-order valence-corrected chi connectivity index (χ3v) is 5.88. The van der Waals surface area contributed by atoms with Gasteiger partial charge in [0.05, 0.1) is 37.7 Å². The molecule has 3 rings (SSSR count). The summed E-state index contributed by atoms with van der Waals surface area (Å²) in [6.07, 6.45) is -0.927. The molecular weight excluding hydrogens is 437 g/mol. The Kier molecular flexibility index (Phi) is 8.25. The van der Waals surface area contributed by atoms with E-state index in [1.165, 1.54) is 0 Å². The van der Waals surface area contributed by atoms with Gasteiger partial charge in [0.25, 0.3) is 0 Å². The van der Waals surface area contributed by atoms with E-state index >= 15 is 0 Å². The lowest BCUT2D eigenvalue weighted by Crippen LogP contribution is -2.39. The third kappa shape index (κ3) is 6.42. The highest BCUT2D eigenvalue weighted by Gasteiger charge is 2.34. The third-order valence-electron chi connectivity index (χ3n) is 5.88. The van der Waals surface area contributed by atoms with Crippen LogP contribution in [0.3, 0.4) is 0 Å². The molecular formula is C23H29F3N4O3. The zero-order valence-corrected chi connectivity index (χ0v) is 18.7. The molecule has 1 saturated heterocycles. The van der Waals surface area contributed by atoms with Crippen molar-refractivity contribution >= 4 is 17.3 Å². The SMILES string of the molecule is CC[C@@H](CC(=O)O)c1ccc([C@@H](CC)N2CCOCC2)c(Nc2cnc(C(F)(F)F)nc2)c1. The summed E-state index contributed by atoms with van der Waals surface area (Å²) in [6.45, 7) is 6.85. The number of benzene rings is 1. The van der Waals surface area contributed by atoms with Crippen molar-refractivity contribution in [3.8, 4) is 0 Å². The predicted molar refractivity (Wildman–Crippen MR) is 117 cm³/mol. The number of alkyl halides is 3. The molecule has 10 heteroatoms. The number of nitrogens with zero attached hydrogens (tertiary/aromatic N) is 3. The molecule has 0 saturated carbocycles. The van der Waals surface area contributed by atoms with E-state index < -0.39 is 18.0 Å².